The first-order valence-electron chi connectivity index (χ1n) is 21.9. The summed E-state index contributed by atoms with van der Waals surface area (Å²) in [4.78, 5) is 43.0. The predicted octanol–water partition coefficient (Wildman–Crippen LogP) is 9.33. The van der Waals surface area contributed by atoms with Gasteiger partial charge in [-0.3, -0.25) is 14.4 Å². The van der Waals surface area contributed by atoms with Crippen LogP contribution in [-0.4, -0.2) is 38.2 Å². The molecule has 0 radical (unpaired) electrons. The summed E-state index contributed by atoms with van der Waals surface area (Å²) in [5, 5.41) is 9.21. The lowest BCUT2D eigenvalue weighted by Crippen LogP contribution is -2.58. The van der Waals surface area contributed by atoms with Crippen molar-refractivity contribution in [3.63, 3.8) is 0 Å². The zero-order valence-electron chi connectivity index (χ0n) is 36.8. The van der Waals surface area contributed by atoms with Gasteiger partial charge in [0.1, 0.15) is 12.1 Å². The highest BCUT2D eigenvalue weighted by molar-refractivity contribution is 7.89. The number of fused-ring (bicyclic) bond motifs is 3. The topological polar surface area (TPSA) is 133 Å². The molecular weight excluding hydrogens is 793 g/mol. The van der Waals surface area contributed by atoms with E-state index in [1.54, 1.807) is 6.07 Å². The van der Waals surface area contributed by atoms with Crippen molar-refractivity contribution in [2.24, 2.45) is 11.3 Å². The smallest absolute Gasteiger partial charge is 0.247 e. The molecule has 5 aromatic rings. The third-order valence-electron chi connectivity index (χ3n) is 13.3. The molecule has 0 heterocycles. The normalized spacial score (nSPS) is 20.6. The van der Waals surface area contributed by atoms with Crippen LogP contribution in [0.2, 0.25) is 0 Å². The Morgan fingerprint density at radius 1 is 0.694 bits per heavy atom. The van der Waals surface area contributed by atoms with Gasteiger partial charge in [0.2, 0.25) is 27.7 Å². The molecule has 0 aliphatic heterocycles. The Balaban J connectivity index is 1.20. The highest BCUT2D eigenvalue weighted by Crippen LogP contribution is 2.58. The first-order chi connectivity index (χ1) is 29.6. The maximum Gasteiger partial charge on any atom is 0.247 e. The van der Waals surface area contributed by atoms with Gasteiger partial charge in [-0.15, -0.1) is 0 Å². The second-order valence-electron chi connectivity index (χ2n) is 18.3. The van der Waals surface area contributed by atoms with Gasteiger partial charge in [0.05, 0.1) is 10.3 Å². The molecule has 4 N–H and O–H groups in total. The average molecular weight is 853 g/mol. The molecule has 324 valence electrons. The fraction of sp³-hybridized carbons (Fsp3) is 0.365. The summed E-state index contributed by atoms with van der Waals surface area (Å²) < 4.78 is 32.5. The first-order valence-corrected chi connectivity index (χ1v) is 23.4. The van der Waals surface area contributed by atoms with Crippen LogP contribution in [-0.2, 0) is 49.1 Å². The highest BCUT2D eigenvalue weighted by Gasteiger charge is 2.55. The van der Waals surface area contributed by atoms with Crippen LogP contribution < -0.4 is 20.7 Å². The van der Waals surface area contributed by atoms with E-state index in [-0.39, 0.29) is 35.0 Å². The highest BCUT2D eigenvalue weighted by atomic mass is 32.2. The number of benzene rings is 5. The zero-order chi connectivity index (χ0) is 44.2. The predicted molar refractivity (Wildman–Crippen MR) is 248 cm³/mol. The summed E-state index contributed by atoms with van der Waals surface area (Å²) in [7, 11) is -4.26. The number of anilines is 2. The summed E-state index contributed by atoms with van der Waals surface area (Å²) in [6.45, 7) is 12.1. The zero-order valence-corrected chi connectivity index (χ0v) is 37.6. The first kappa shape index (κ1) is 44.5. The minimum atomic E-state index is -4.26. The Bertz CT molecular complexity index is 2540. The van der Waals surface area contributed by atoms with E-state index in [0.717, 1.165) is 52.6 Å². The van der Waals surface area contributed by atoms with Gasteiger partial charge >= 0.3 is 0 Å². The van der Waals surface area contributed by atoms with Gasteiger partial charge in [-0.05, 0) is 132 Å². The van der Waals surface area contributed by atoms with E-state index in [4.69, 9.17) is 0 Å². The molecule has 62 heavy (non-hydrogen) atoms. The van der Waals surface area contributed by atoms with Crippen LogP contribution >= 0.6 is 0 Å². The average Bonchev–Trinajstić information content (AvgIpc) is 3.23. The number of aryl methyl sites for hydroxylation is 3. The van der Waals surface area contributed by atoms with Crippen LogP contribution in [0.5, 0.6) is 0 Å². The Kier molecular flexibility index (Phi) is 13.2. The fourth-order valence-electron chi connectivity index (χ4n) is 10.0. The summed E-state index contributed by atoms with van der Waals surface area (Å²) in [6.07, 6.45) is 4.07. The van der Waals surface area contributed by atoms with Crippen molar-refractivity contribution in [1.82, 2.24) is 10.0 Å². The molecule has 1 saturated carbocycles. The molecule has 0 unspecified atom stereocenters. The third kappa shape index (κ3) is 9.72. The van der Waals surface area contributed by atoms with Crippen molar-refractivity contribution in [3.8, 4) is 0 Å². The Morgan fingerprint density at radius 3 is 1.79 bits per heavy atom. The summed E-state index contributed by atoms with van der Waals surface area (Å²) in [6, 6.07) is 36.1. The lowest BCUT2D eigenvalue weighted by atomic mass is 9.49. The van der Waals surface area contributed by atoms with Crippen molar-refractivity contribution < 1.29 is 22.8 Å². The van der Waals surface area contributed by atoms with Crippen LogP contribution in [0.3, 0.4) is 0 Å². The van der Waals surface area contributed by atoms with Crippen molar-refractivity contribution in [2.75, 3.05) is 10.6 Å². The maximum absolute atomic E-state index is 14.9. The van der Waals surface area contributed by atoms with Crippen LogP contribution in [0.15, 0.2) is 126 Å². The third-order valence-corrected chi connectivity index (χ3v) is 14.8. The van der Waals surface area contributed by atoms with E-state index in [0.29, 0.717) is 36.2 Å². The van der Waals surface area contributed by atoms with E-state index in [1.807, 2.05) is 150 Å². The molecule has 0 aromatic heterocycles. The SMILES string of the molecule is Cc1cccc(NC(=O)[C@H](Cc2ccccc2)NC(=O)[C@]2(C)CCC[C@]3(C)c4cc(S(=O)(=O)N[C@@H](Cc5ccccc5)C(=O)Nc5cccc(C)c5)c(C(C)C)cc4CC[C@@H]23)c1. The van der Waals surface area contributed by atoms with Crippen LogP contribution in [0.1, 0.15) is 98.2 Å². The standard InChI is InChI=1S/C52H60N4O5S/c1-34(2)42-32-39-24-25-47-51(5,26-15-27-52(47,6)50(59)55-44(30-37-18-9-7-10-19-37)48(57)53-40-22-13-16-35(3)28-40)43(39)33-46(42)62(60,61)56-45(31-38-20-11-8-12-21-38)49(58)54-41-23-14-17-36(4)29-41/h7-14,16-23,28-29,32-34,44-45,47,56H,15,24-27,30-31H2,1-6H3,(H,53,57)(H,54,58)(H,55,59)/t44-,45-,47+,51+,52+/m0/s1. The Hall–Kier alpha value is -5.58. The van der Waals surface area contributed by atoms with E-state index in [2.05, 4.69) is 27.6 Å². The van der Waals surface area contributed by atoms with Gasteiger partial charge in [0.15, 0.2) is 0 Å². The number of rotatable bonds is 14. The number of carbonyl (C=O) groups excluding carboxylic acids is 3. The second kappa shape index (κ2) is 18.4. The van der Waals surface area contributed by atoms with Crippen molar-refractivity contribution >= 4 is 39.1 Å². The van der Waals surface area contributed by atoms with Gasteiger partial charge in [-0.2, -0.15) is 4.72 Å². The molecule has 10 heteroatoms. The van der Waals surface area contributed by atoms with Gasteiger partial charge in [-0.1, -0.05) is 125 Å². The molecule has 0 bridgehead atoms. The Morgan fingerprint density at radius 2 is 1.24 bits per heavy atom. The number of amides is 3. The van der Waals surface area contributed by atoms with Gasteiger partial charge in [0, 0.05) is 17.8 Å². The molecule has 0 spiro atoms. The number of sulfonamides is 1. The minimum absolute atomic E-state index is 0.124. The van der Waals surface area contributed by atoms with Crippen molar-refractivity contribution in [2.45, 2.75) is 115 Å². The monoisotopic (exact) mass is 852 g/mol. The van der Waals surface area contributed by atoms with E-state index in [1.165, 1.54) is 0 Å². The minimum Gasteiger partial charge on any atom is -0.343 e. The number of hydrogen-bond acceptors (Lipinski definition) is 5. The largest absolute Gasteiger partial charge is 0.343 e. The van der Waals surface area contributed by atoms with Gasteiger partial charge in [0.25, 0.3) is 0 Å². The van der Waals surface area contributed by atoms with Crippen molar-refractivity contribution in [1.29, 1.82) is 0 Å². The summed E-state index contributed by atoms with van der Waals surface area (Å²) in [5.74, 6) is -1.17. The number of hydrogen-bond donors (Lipinski definition) is 4. The molecule has 1 fully saturated rings. The van der Waals surface area contributed by atoms with E-state index >= 15 is 0 Å². The van der Waals surface area contributed by atoms with Gasteiger partial charge < -0.3 is 16.0 Å². The van der Waals surface area contributed by atoms with E-state index < -0.39 is 38.8 Å². The molecule has 9 nitrogen and oxygen atoms in total. The van der Waals surface area contributed by atoms with Crippen molar-refractivity contribution in [3.05, 3.63) is 160 Å². The Labute approximate surface area is 367 Å². The fourth-order valence-corrected chi connectivity index (χ4v) is 11.6. The molecular formula is C52H60N4O5S. The maximum atomic E-state index is 14.9. The van der Waals surface area contributed by atoms with E-state index in [9.17, 15) is 22.8 Å². The summed E-state index contributed by atoms with van der Waals surface area (Å²) >= 11 is 0. The van der Waals surface area contributed by atoms with Crippen LogP contribution in [0.25, 0.3) is 0 Å². The molecule has 7 rings (SSSR count). The molecule has 5 aromatic carbocycles. The van der Waals surface area contributed by atoms with Crippen LogP contribution in [0.4, 0.5) is 11.4 Å². The lowest BCUT2D eigenvalue weighted by Gasteiger charge is -2.55. The summed E-state index contributed by atoms with van der Waals surface area (Å²) in [5.41, 5.74) is 6.33. The quantitative estimate of drug-likeness (QED) is 0.0884. The molecule has 2 aliphatic rings. The van der Waals surface area contributed by atoms with Gasteiger partial charge in [-0.25, -0.2) is 8.42 Å². The number of nitrogens with one attached hydrogen (secondary N) is 4. The van der Waals surface area contributed by atoms with Crippen LogP contribution in [0, 0.1) is 25.2 Å². The molecule has 0 saturated heterocycles. The second-order valence-corrected chi connectivity index (χ2v) is 20.0. The molecule has 2 aliphatic carbocycles. The number of carbonyl (C=O) groups is 3. The molecule has 3 amide bonds. The molecule has 5 atom stereocenters. The lowest BCUT2D eigenvalue weighted by molar-refractivity contribution is -0.141.